The third-order valence-electron chi connectivity index (χ3n) is 13.8. The quantitative estimate of drug-likeness (QED) is 0.113. The third kappa shape index (κ3) is 6.72. The third-order valence-corrected chi connectivity index (χ3v) is 16.3. The Balaban J connectivity index is 0.991. The average Bonchev–Trinajstić information content (AvgIpc) is 4.14. The van der Waals surface area contributed by atoms with Crippen molar-refractivity contribution in [3.63, 3.8) is 0 Å². The second kappa shape index (κ2) is 16.3. The number of allylic oxidation sites excluding steroid dienone is 3. The number of aliphatic imine (C=N–C) groups is 2. The summed E-state index contributed by atoms with van der Waals surface area (Å²) in [6.07, 6.45) is 10.9. The van der Waals surface area contributed by atoms with Crippen LogP contribution in [0.25, 0.3) is 80.7 Å². The summed E-state index contributed by atoms with van der Waals surface area (Å²) < 4.78 is 11.3. The number of nitrogens with zero attached hydrogens (tertiary/aromatic N) is 3. The van der Waals surface area contributed by atoms with Crippen LogP contribution < -0.4 is 0 Å². The van der Waals surface area contributed by atoms with Crippen LogP contribution in [0.1, 0.15) is 60.9 Å². The fraction of sp³-hybridized carbons (Fsp3) is 0.115. The molecule has 4 heterocycles. The molecule has 1 aliphatic heterocycles. The van der Waals surface area contributed by atoms with Crippen LogP contribution in [0.15, 0.2) is 213 Å². The van der Waals surface area contributed by atoms with Crippen molar-refractivity contribution >= 4 is 98.6 Å². The van der Waals surface area contributed by atoms with E-state index < -0.39 is 0 Å². The van der Waals surface area contributed by atoms with E-state index in [0.29, 0.717) is 11.2 Å². The molecule has 4 nitrogen and oxygen atoms in total. The minimum Gasteiger partial charge on any atom is -0.456 e. The Hall–Kier alpha value is -7.25. The molecule has 3 aromatic heterocycles. The van der Waals surface area contributed by atoms with Crippen LogP contribution in [0.5, 0.6) is 0 Å². The molecule has 0 saturated heterocycles. The second-order valence-electron chi connectivity index (χ2n) is 17.8. The van der Waals surface area contributed by atoms with Crippen LogP contribution in [0, 0.1) is 0 Å². The van der Waals surface area contributed by atoms with Gasteiger partial charge in [0, 0.05) is 80.3 Å². The van der Waals surface area contributed by atoms with Crippen LogP contribution >= 0.6 is 23.1 Å². The van der Waals surface area contributed by atoms with Gasteiger partial charge in [-0.2, -0.15) is 0 Å². The number of thiophene rings is 1. The Bertz CT molecular complexity index is 3900. The maximum atomic E-state index is 6.44. The molecular weight excluding hydrogens is 855 g/mol. The molecular formula is C61H45N3OS2. The van der Waals surface area contributed by atoms with Gasteiger partial charge in [0.1, 0.15) is 11.2 Å². The van der Waals surface area contributed by atoms with Crippen LogP contribution in [-0.4, -0.2) is 21.4 Å². The highest BCUT2D eigenvalue weighted by Crippen LogP contribution is 2.50. The van der Waals surface area contributed by atoms with E-state index in [1.54, 1.807) is 0 Å². The molecule has 0 bridgehead atoms. The van der Waals surface area contributed by atoms with Gasteiger partial charge in [-0.3, -0.25) is 4.99 Å². The summed E-state index contributed by atoms with van der Waals surface area (Å²) in [6, 6.07) is 61.6. The van der Waals surface area contributed by atoms with E-state index in [1.165, 1.54) is 69.1 Å². The number of fused-ring (bicyclic) bond motifs is 12. The highest BCUT2D eigenvalue weighted by atomic mass is 32.2. The number of amidine groups is 1. The molecule has 0 N–H and O–H groups in total. The summed E-state index contributed by atoms with van der Waals surface area (Å²) in [6.45, 7) is 4.42. The van der Waals surface area contributed by atoms with E-state index in [-0.39, 0.29) is 6.04 Å². The maximum Gasteiger partial charge on any atom is 0.156 e. The van der Waals surface area contributed by atoms with Crippen molar-refractivity contribution in [2.45, 2.75) is 48.8 Å². The average molecular weight is 900 g/mol. The van der Waals surface area contributed by atoms with Crippen molar-refractivity contribution in [1.82, 2.24) is 4.57 Å². The van der Waals surface area contributed by atoms with Crippen molar-refractivity contribution in [3.8, 4) is 16.8 Å². The van der Waals surface area contributed by atoms with Gasteiger partial charge in [0.15, 0.2) is 5.84 Å². The molecule has 0 spiro atoms. The minimum atomic E-state index is -0.137. The Morgan fingerprint density at radius 1 is 0.627 bits per heavy atom. The molecule has 3 unspecified atom stereocenters. The number of benzene rings is 8. The van der Waals surface area contributed by atoms with Gasteiger partial charge < -0.3 is 8.98 Å². The lowest BCUT2D eigenvalue weighted by Gasteiger charge is -2.18. The first-order valence-corrected chi connectivity index (χ1v) is 25.0. The minimum absolute atomic E-state index is 0.137. The zero-order chi connectivity index (χ0) is 44.6. The molecule has 0 amide bonds. The van der Waals surface area contributed by atoms with Crippen molar-refractivity contribution in [2.24, 2.45) is 9.98 Å². The number of hydrogen-bond acceptors (Lipinski definition) is 4. The summed E-state index contributed by atoms with van der Waals surface area (Å²) >= 11 is 3.80. The predicted octanol–water partition coefficient (Wildman–Crippen LogP) is 17.2. The molecule has 3 atom stereocenters. The second-order valence-corrected chi connectivity index (χ2v) is 20.1. The van der Waals surface area contributed by atoms with Crippen LogP contribution in [0.3, 0.4) is 0 Å². The Morgan fingerprint density at radius 3 is 2.27 bits per heavy atom. The van der Waals surface area contributed by atoms with Gasteiger partial charge in [-0.15, -0.1) is 23.1 Å². The standard InChI is InChI=1S/C61H45N3OS2/c1-3-15-50(40-28-31-45-44-19-8-11-24-53(44)65-54(45)36-40)63-61(62-37(2)42-21-13-26-57-59(42)46-20-9-12-25-55(46)66-57)47-22-14-27-58-60(47)49-35-39(30-33-56(49)67-58)38-29-32-52-48(34-38)43-18-7-10-23-51(43)64(52)41-16-5-4-6-17-41/h4-14,16-36,46,50,55H,3,15H2,1-2H3/b62-37+,63-61-. The first-order valence-electron chi connectivity index (χ1n) is 23.3. The summed E-state index contributed by atoms with van der Waals surface area (Å²) in [5.41, 5.74) is 13.4. The Morgan fingerprint density at radius 2 is 1.37 bits per heavy atom. The normalized spacial score (nSPS) is 16.6. The molecule has 13 rings (SSSR count). The van der Waals surface area contributed by atoms with Gasteiger partial charge >= 0.3 is 0 Å². The largest absolute Gasteiger partial charge is 0.456 e. The number of para-hydroxylation sites is 3. The molecule has 0 saturated carbocycles. The summed E-state index contributed by atoms with van der Waals surface area (Å²) in [4.78, 5) is 12.8. The fourth-order valence-electron chi connectivity index (χ4n) is 10.7. The van der Waals surface area contributed by atoms with Gasteiger partial charge in [0.25, 0.3) is 0 Å². The first-order chi connectivity index (χ1) is 33.1. The van der Waals surface area contributed by atoms with Gasteiger partial charge in [-0.1, -0.05) is 141 Å². The van der Waals surface area contributed by atoms with Crippen LogP contribution in [0.4, 0.5) is 0 Å². The molecule has 0 radical (unpaired) electrons. The number of furan rings is 1. The topological polar surface area (TPSA) is 42.8 Å². The highest BCUT2D eigenvalue weighted by Gasteiger charge is 2.33. The van der Waals surface area contributed by atoms with E-state index in [4.69, 9.17) is 14.4 Å². The van der Waals surface area contributed by atoms with Crippen molar-refractivity contribution < 1.29 is 4.42 Å². The Labute approximate surface area is 397 Å². The van der Waals surface area contributed by atoms with Crippen molar-refractivity contribution in [2.75, 3.05) is 0 Å². The van der Waals surface area contributed by atoms with Gasteiger partial charge in [0.2, 0.25) is 0 Å². The fourth-order valence-corrected chi connectivity index (χ4v) is 13.1. The number of aromatic nitrogens is 1. The molecule has 0 fully saturated rings. The summed E-state index contributed by atoms with van der Waals surface area (Å²) in [7, 11) is 0. The lowest BCUT2D eigenvalue weighted by molar-refractivity contribution is 0.635. The van der Waals surface area contributed by atoms with Crippen molar-refractivity contribution in [1.29, 1.82) is 0 Å². The molecule has 6 heteroatoms. The number of thioether (sulfide) groups is 1. The molecule has 67 heavy (non-hydrogen) atoms. The monoisotopic (exact) mass is 899 g/mol. The Kier molecular flexibility index (Phi) is 9.73. The van der Waals surface area contributed by atoms with Gasteiger partial charge in [-0.05, 0) is 102 Å². The highest BCUT2D eigenvalue weighted by molar-refractivity contribution is 8.00. The van der Waals surface area contributed by atoms with E-state index in [0.717, 1.165) is 63.1 Å². The summed E-state index contributed by atoms with van der Waals surface area (Å²) in [5, 5.41) is 7.55. The van der Waals surface area contributed by atoms with Gasteiger partial charge in [0.05, 0.1) is 17.1 Å². The molecule has 8 aromatic carbocycles. The van der Waals surface area contributed by atoms with E-state index in [9.17, 15) is 0 Å². The SMILES string of the molecule is CCCC(/N=C(\N=C(/C)c1cccc2c1C1C=CC=CC1S2)c1cccc2sc3ccc(-c4ccc5c(c4)c4ccccc4n5-c4ccccc4)cc3c12)c1ccc2c(c1)oc1ccccc12. The molecule has 322 valence electrons. The van der Waals surface area contributed by atoms with E-state index in [2.05, 4.69) is 200 Å². The maximum absolute atomic E-state index is 6.44. The van der Waals surface area contributed by atoms with E-state index in [1.807, 2.05) is 35.2 Å². The smallest absolute Gasteiger partial charge is 0.156 e. The number of rotatable bonds is 8. The zero-order valence-corrected chi connectivity index (χ0v) is 38.8. The van der Waals surface area contributed by atoms with Crippen LogP contribution in [0.2, 0.25) is 0 Å². The van der Waals surface area contributed by atoms with Gasteiger partial charge in [-0.25, -0.2) is 4.99 Å². The molecule has 2 aliphatic rings. The summed E-state index contributed by atoms with van der Waals surface area (Å²) in [5.74, 6) is 1.07. The predicted molar refractivity (Wildman–Crippen MR) is 286 cm³/mol. The molecule has 1 aliphatic carbocycles. The zero-order valence-electron chi connectivity index (χ0n) is 37.2. The van der Waals surface area contributed by atoms with E-state index >= 15 is 0 Å². The van der Waals surface area contributed by atoms with Crippen molar-refractivity contribution in [3.05, 3.63) is 216 Å². The first kappa shape index (κ1) is 40.1. The number of hydrogen-bond donors (Lipinski definition) is 0. The van der Waals surface area contributed by atoms with Crippen LogP contribution in [-0.2, 0) is 0 Å². The lowest BCUT2D eigenvalue weighted by Crippen LogP contribution is -2.12. The molecule has 11 aromatic rings. The lowest BCUT2D eigenvalue weighted by atomic mass is 9.88.